The van der Waals surface area contributed by atoms with E-state index in [2.05, 4.69) is 11.9 Å². The van der Waals surface area contributed by atoms with Crippen LogP contribution in [0.15, 0.2) is 12.2 Å². The maximum absolute atomic E-state index is 11.1. The van der Waals surface area contributed by atoms with E-state index in [9.17, 15) is 4.79 Å². The highest BCUT2D eigenvalue weighted by molar-refractivity contribution is 5.83. The summed E-state index contributed by atoms with van der Waals surface area (Å²) < 4.78 is 0. The zero-order valence-corrected chi connectivity index (χ0v) is 6.76. The Morgan fingerprint density at radius 2 is 2.45 bits per heavy atom. The first-order chi connectivity index (χ1) is 5.18. The Morgan fingerprint density at radius 1 is 1.73 bits per heavy atom. The average Bonchev–Trinajstić information content (AvgIpc) is 2.43. The fraction of sp³-hybridized carbons (Fsp3) is 0.667. The van der Waals surface area contributed by atoms with Gasteiger partial charge in [0.25, 0.3) is 0 Å². The Balaban J connectivity index is 2.18. The zero-order chi connectivity index (χ0) is 8.01. The molecule has 0 radical (unpaired) electrons. The van der Waals surface area contributed by atoms with E-state index in [0.717, 1.165) is 12.8 Å². The Bertz CT molecular complexity index is 222. The van der Waals surface area contributed by atoms with Crippen LogP contribution < -0.4 is 5.32 Å². The lowest BCUT2D eigenvalue weighted by Gasteiger charge is -2.22. The number of fused-ring (bicyclic) bond motifs is 2. The van der Waals surface area contributed by atoms with Gasteiger partial charge in [0, 0.05) is 12.0 Å². The first-order valence-corrected chi connectivity index (χ1v) is 4.12. The molecule has 1 aliphatic carbocycles. The largest absolute Gasteiger partial charge is 0.304 e. The van der Waals surface area contributed by atoms with E-state index in [4.69, 9.17) is 0 Å². The van der Waals surface area contributed by atoms with Gasteiger partial charge in [0.05, 0.1) is 6.04 Å². The minimum Gasteiger partial charge on any atom is -0.304 e. The number of nitrogens with one attached hydrogen (secondary N) is 1. The quantitative estimate of drug-likeness (QED) is 0.564. The Labute approximate surface area is 66.7 Å². The normalized spacial score (nSPS) is 41.5. The summed E-state index contributed by atoms with van der Waals surface area (Å²) in [6.45, 7) is 5.64. The summed E-state index contributed by atoms with van der Waals surface area (Å²) in [6.07, 6.45) is 2.21. The molecule has 3 atom stereocenters. The molecule has 2 nitrogen and oxygen atoms in total. The summed E-state index contributed by atoms with van der Waals surface area (Å²) in [6, 6.07) is 0.627. The molecule has 1 aliphatic heterocycles. The van der Waals surface area contributed by atoms with Gasteiger partial charge >= 0.3 is 0 Å². The van der Waals surface area contributed by atoms with E-state index in [-0.39, 0.29) is 11.8 Å². The molecule has 1 saturated carbocycles. The van der Waals surface area contributed by atoms with Crippen molar-refractivity contribution in [1.82, 2.24) is 5.32 Å². The highest BCUT2D eigenvalue weighted by atomic mass is 16.1. The maximum Gasteiger partial charge on any atom is 0.147 e. The molecule has 2 aliphatic rings. The molecule has 1 unspecified atom stereocenters. The minimum atomic E-state index is 0.0845. The molecular formula is C9H13NO. The van der Waals surface area contributed by atoms with E-state index < -0.39 is 0 Å². The van der Waals surface area contributed by atoms with Gasteiger partial charge in [-0.3, -0.25) is 4.79 Å². The number of ketones is 1. The second-order valence-corrected chi connectivity index (χ2v) is 3.66. The monoisotopic (exact) mass is 151 g/mol. The lowest BCUT2D eigenvalue weighted by molar-refractivity contribution is -0.119. The van der Waals surface area contributed by atoms with Crippen molar-refractivity contribution >= 4 is 5.78 Å². The van der Waals surface area contributed by atoms with Gasteiger partial charge < -0.3 is 5.32 Å². The number of carbonyl (C=O) groups is 1. The van der Waals surface area contributed by atoms with Crippen LogP contribution in [0.4, 0.5) is 0 Å². The van der Waals surface area contributed by atoms with E-state index >= 15 is 0 Å². The van der Waals surface area contributed by atoms with E-state index in [1.165, 1.54) is 5.57 Å². The predicted octanol–water partition coefficient (Wildman–Crippen LogP) is 0.882. The smallest absolute Gasteiger partial charge is 0.147 e. The molecule has 1 N–H and O–H groups in total. The van der Waals surface area contributed by atoms with Gasteiger partial charge in [0.2, 0.25) is 0 Å². The lowest BCUT2D eigenvalue weighted by Crippen LogP contribution is -2.41. The molecule has 0 aromatic rings. The van der Waals surface area contributed by atoms with Crippen molar-refractivity contribution in [3.8, 4) is 0 Å². The van der Waals surface area contributed by atoms with Crippen LogP contribution in [0.3, 0.4) is 0 Å². The summed E-state index contributed by atoms with van der Waals surface area (Å²) in [4.78, 5) is 11.1. The molecule has 2 rings (SSSR count). The first-order valence-electron chi connectivity index (χ1n) is 4.12. The summed E-state index contributed by atoms with van der Waals surface area (Å²) >= 11 is 0. The van der Waals surface area contributed by atoms with Crippen molar-refractivity contribution < 1.29 is 4.79 Å². The Kier molecular flexibility index (Phi) is 1.39. The third kappa shape index (κ3) is 0.932. The maximum atomic E-state index is 11.1. The second kappa shape index (κ2) is 2.18. The van der Waals surface area contributed by atoms with Crippen LogP contribution in [0.1, 0.15) is 19.8 Å². The molecule has 1 saturated heterocycles. The fourth-order valence-corrected chi connectivity index (χ4v) is 2.29. The predicted molar refractivity (Wildman–Crippen MR) is 43.3 cm³/mol. The molecule has 0 aromatic carbocycles. The molecular weight excluding hydrogens is 138 g/mol. The number of carbonyl (C=O) groups excluding carboxylic acids is 1. The van der Waals surface area contributed by atoms with Crippen molar-refractivity contribution in [3.63, 3.8) is 0 Å². The van der Waals surface area contributed by atoms with Gasteiger partial charge in [-0.2, -0.15) is 0 Å². The molecule has 2 heteroatoms. The van der Waals surface area contributed by atoms with Crippen molar-refractivity contribution in [2.24, 2.45) is 5.92 Å². The van der Waals surface area contributed by atoms with Gasteiger partial charge in [-0.25, -0.2) is 0 Å². The Hall–Kier alpha value is -0.630. The summed E-state index contributed by atoms with van der Waals surface area (Å²) in [7, 11) is 0. The van der Waals surface area contributed by atoms with Crippen molar-refractivity contribution in [2.75, 3.05) is 0 Å². The molecule has 1 heterocycles. The molecule has 11 heavy (non-hydrogen) atoms. The number of piperidine rings is 1. The molecule has 2 bridgehead atoms. The number of Topliss-reactive ketones (excluding diaryl/α,β-unsaturated/α-hetero) is 1. The zero-order valence-electron chi connectivity index (χ0n) is 6.76. The highest BCUT2D eigenvalue weighted by Gasteiger charge is 2.43. The van der Waals surface area contributed by atoms with Crippen LogP contribution in [-0.2, 0) is 4.79 Å². The van der Waals surface area contributed by atoms with Crippen LogP contribution in [0.25, 0.3) is 0 Å². The van der Waals surface area contributed by atoms with Gasteiger partial charge in [0.1, 0.15) is 5.78 Å². The molecule has 0 aromatic heterocycles. The first kappa shape index (κ1) is 7.04. The van der Waals surface area contributed by atoms with Gasteiger partial charge in [-0.15, -0.1) is 0 Å². The standard InChI is InChI=1S/C9H13NO/c1-5-3-7-4-8(5)9(10-7)6(2)11/h7-10H,1,3-4H2,2H3/t7?,8-,9-/m1/s1. The summed E-state index contributed by atoms with van der Waals surface area (Å²) in [5, 5.41) is 3.31. The van der Waals surface area contributed by atoms with E-state index in [0.29, 0.717) is 12.0 Å². The Morgan fingerprint density at radius 3 is 2.82 bits per heavy atom. The van der Waals surface area contributed by atoms with Crippen LogP contribution in [0, 0.1) is 5.92 Å². The summed E-state index contributed by atoms with van der Waals surface area (Å²) in [5.41, 5.74) is 1.27. The fourth-order valence-electron chi connectivity index (χ4n) is 2.29. The second-order valence-electron chi connectivity index (χ2n) is 3.66. The van der Waals surface area contributed by atoms with Crippen LogP contribution in [-0.4, -0.2) is 17.9 Å². The highest BCUT2D eigenvalue weighted by Crippen LogP contribution is 2.38. The van der Waals surface area contributed by atoms with Crippen molar-refractivity contribution in [3.05, 3.63) is 12.2 Å². The van der Waals surface area contributed by atoms with E-state index in [1.807, 2.05) is 0 Å². The topological polar surface area (TPSA) is 29.1 Å². The van der Waals surface area contributed by atoms with Crippen LogP contribution in [0.5, 0.6) is 0 Å². The van der Waals surface area contributed by atoms with Gasteiger partial charge in [-0.05, 0) is 19.8 Å². The van der Waals surface area contributed by atoms with Crippen molar-refractivity contribution in [1.29, 1.82) is 0 Å². The number of hydrogen-bond acceptors (Lipinski definition) is 2. The molecule has 0 spiro atoms. The minimum absolute atomic E-state index is 0.0845. The average molecular weight is 151 g/mol. The third-order valence-corrected chi connectivity index (χ3v) is 2.83. The lowest BCUT2D eigenvalue weighted by atomic mass is 9.93. The van der Waals surface area contributed by atoms with Crippen molar-refractivity contribution in [2.45, 2.75) is 31.8 Å². The SMILES string of the molecule is C=C1CC2C[C@H]1[C@@H](C(C)=O)N2. The van der Waals surface area contributed by atoms with Crippen LogP contribution in [0.2, 0.25) is 0 Å². The van der Waals surface area contributed by atoms with Gasteiger partial charge in [-0.1, -0.05) is 12.2 Å². The number of rotatable bonds is 1. The summed E-state index contributed by atoms with van der Waals surface area (Å²) in [5.74, 6) is 0.704. The van der Waals surface area contributed by atoms with Crippen LogP contribution >= 0.6 is 0 Å². The molecule has 60 valence electrons. The van der Waals surface area contributed by atoms with Gasteiger partial charge in [0.15, 0.2) is 0 Å². The molecule has 2 fully saturated rings. The number of hydrogen-bond donors (Lipinski definition) is 1. The van der Waals surface area contributed by atoms with E-state index in [1.54, 1.807) is 6.92 Å². The molecule has 0 amide bonds. The third-order valence-electron chi connectivity index (χ3n) is 2.83.